The number of ether oxygens (including phenoxy) is 1. The molecule has 0 unspecified atom stereocenters. The summed E-state index contributed by atoms with van der Waals surface area (Å²) in [5.74, 6) is 0.190. The van der Waals surface area contributed by atoms with Crippen molar-refractivity contribution < 1.29 is 24.7 Å². The summed E-state index contributed by atoms with van der Waals surface area (Å²) in [6, 6.07) is 3.05. The molecule has 1 aromatic heterocycles. The molecule has 0 radical (unpaired) electrons. The van der Waals surface area contributed by atoms with Crippen LogP contribution >= 0.6 is 0 Å². The Morgan fingerprint density at radius 2 is 2.00 bits per heavy atom. The number of hydrogen-bond acceptors (Lipinski definition) is 8. The topological polar surface area (TPSA) is 118 Å². The van der Waals surface area contributed by atoms with E-state index in [1.54, 1.807) is 33.0 Å². The summed E-state index contributed by atoms with van der Waals surface area (Å²) in [7, 11) is -1.60. The predicted octanol–water partition coefficient (Wildman–Crippen LogP) is 0.151. The second kappa shape index (κ2) is 6.81. The van der Waals surface area contributed by atoms with Gasteiger partial charge in [-0.05, 0) is 26.8 Å². The number of hydrogen-bond donors (Lipinski definition) is 4. The molecule has 2 rings (SSSR count). The minimum Gasteiger partial charge on any atom is -0.492 e. The van der Waals surface area contributed by atoms with Gasteiger partial charge < -0.3 is 24.8 Å². The number of nitrogens with one attached hydrogen (secondary N) is 1. The minimum atomic E-state index is -1.60. The van der Waals surface area contributed by atoms with Crippen molar-refractivity contribution in [1.29, 1.82) is 0 Å². The van der Waals surface area contributed by atoms with Gasteiger partial charge in [0.15, 0.2) is 0 Å². The Kier molecular flexibility index (Phi) is 5.00. The van der Waals surface area contributed by atoms with Gasteiger partial charge in [-0.1, -0.05) is 6.07 Å². The molecule has 4 N–H and O–H groups in total. The summed E-state index contributed by atoms with van der Waals surface area (Å²) >= 11 is 0. The average Bonchev–Trinajstić information content (AvgIpc) is 2.47. The van der Waals surface area contributed by atoms with E-state index < -0.39 is 18.8 Å². The standard InChI is InChI=1S/C14H19BN4O5/c1-14(2,3)24-13(21)17-19-7-6-18(9-12(19)20)11-5-4-10(8-16-11)15(22)23/h4-9,20,22-23H,1-3H3,(H,17,21). The zero-order valence-electron chi connectivity index (χ0n) is 13.5. The molecule has 10 heteroatoms. The van der Waals surface area contributed by atoms with Gasteiger partial charge in [-0.25, -0.2) is 20.2 Å². The van der Waals surface area contributed by atoms with Gasteiger partial charge in [0.25, 0.3) is 0 Å². The number of aromatic nitrogens is 1. The minimum absolute atomic E-state index is 0.251. The van der Waals surface area contributed by atoms with E-state index in [0.717, 1.165) is 5.01 Å². The number of pyridine rings is 1. The van der Waals surface area contributed by atoms with Crippen molar-refractivity contribution in [3.8, 4) is 0 Å². The molecule has 0 bridgehead atoms. The van der Waals surface area contributed by atoms with Crippen LogP contribution in [0.15, 0.2) is 42.8 Å². The molecule has 1 aromatic rings. The number of amides is 1. The van der Waals surface area contributed by atoms with Gasteiger partial charge in [-0.3, -0.25) is 0 Å². The fraction of sp³-hybridized carbons (Fsp3) is 0.286. The quantitative estimate of drug-likeness (QED) is 0.577. The van der Waals surface area contributed by atoms with E-state index in [4.69, 9.17) is 14.8 Å². The van der Waals surface area contributed by atoms with Gasteiger partial charge in [0.1, 0.15) is 11.4 Å². The first-order valence-electron chi connectivity index (χ1n) is 7.14. The maximum absolute atomic E-state index is 11.7. The van der Waals surface area contributed by atoms with E-state index in [0.29, 0.717) is 5.82 Å². The molecule has 1 aliphatic heterocycles. The molecule has 0 saturated heterocycles. The van der Waals surface area contributed by atoms with Crippen molar-refractivity contribution in [2.75, 3.05) is 4.90 Å². The molecule has 2 heterocycles. The zero-order chi connectivity index (χ0) is 17.9. The Bertz CT molecular complexity index is 654. The maximum Gasteiger partial charge on any atom is 0.490 e. The Hall–Kier alpha value is -2.72. The van der Waals surface area contributed by atoms with Crippen molar-refractivity contribution >= 4 is 24.5 Å². The summed E-state index contributed by atoms with van der Waals surface area (Å²) in [6.45, 7) is 5.19. The van der Waals surface area contributed by atoms with Crippen LogP contribution in [0.25, 0.3) is 0 Å². The van der Waals surface area contributed by atoms with Crippen LogP contribution in [0.1, 0.15) is 20.8 Å². The van der Waals surface area contributed by atoms with Gasteiger partial charge >= 0.3 is 13.2 Å². The van der Waals surface area contributed by atoms with Crippen molar-refractivity contribution in [1.82, 2.24) is 15.4 Å². The van der Waals surface area contributed by atoms with Crippen molar-refractivity contribution in [2.45, 2.75) is 26.4 Å². The summed E-state index contributed by atoms with van der Waals surface area (Å²) in [5, 5.41) is 29.2. The molecule has 0 aromatic carbocycles. The number of hydrazine groups is 1. The number of nitrogens with zero attached hydrogens (tertiary/aromatic N) is 3. The monoisotopic (exact) mass is 334 g/mol. The molecular weight excluding hydrogens is 315 g/mol. The Labute approximate surface area is 139 Å². The van der Waals surface area contributed by atoms with Crippen LogP contribution in [0.3, 0.4) is 0 Å². The number of aliphatic hydroxyl groups is 1. The highest BCUT2D eigenvalue weighted by Crippen LogP contribution is 2.17. The Morgan fingerprint density at radius 1 is 1.29 bits per heavy atom. The fourth-order valence-electron chi connectivity index (χ4n) is 1.78. The number of carbonyl (C=O) groups excluding carboxylic acids is 1. The molecule has 0 atom stereocenters. The molecule has 0 aliphatic carbocycles. The highest BCUT2D eigenvalue weighted by Gasteiger charge is 2.21. The first-order chi connectivity index (χ1) is 11.2. The van der Waals surface area contributed by atoms with E-state index in [9.17, 15) is 9.90 Å². The van der Waals surface area contributed by atoms with Crippen molar-refractivity contribution in [2.24, 2.45) is 0 Å². The summed E-state index contributed by atoms with van der Waals surface area (Å²) in [6.07, 6.45) is 4.89. The molecule has 1 amide bonds. The molecule has 1 aliphatic rings. The van der Waals surface area contributed by atoms with Crippen LogP contribution in [-0.4, -0.2) is 44.0 Å². The van der Waals surface area contributed by atoms with Crippen molar-refractivity contribution in [3.05, 3.63) is 42.8 Å². The highest BCUT2D eigenvalue weighted by molar-refractivity contribution is 6.58. The molecule has 0 saturated carbocycles. The first kappa shape index (κ1) is 17.6. The summed E-state index contributed by atoms with van der Waals surface area (Å²) in [5.41, 5.74) is 1.97. The first-order valence-corrected chi connectivity index (χ1v) is 7.14. The van der Waals surface area contributed by atoms with Crippen LogP contribution in [0.4, 0.5) is 10.6 Å². The molecule has 0 fully saturated rings. The third kappa shape index (κ3) is 4.64. The second-order valence-electron chi connectivity index (χ2n) is 6.00. The molecular formula is C14H19BN4O5. The zero-order valence-corrected chi connectivity index (χ0v) is 13.5. The third-order valence-electron chi connectivity index (χ3n) is 2.82. The second-order valence-corrected chi connectivity index (χ2v) is 6.00. The molecule has 24 heavy (non-hydrogen) atoms. The van der Waals surface area contributed by atoms with E-state index in [1.165, 1.54) is 29.6 Å². The smallest absolute Gasteiger partial charge is 0.490 e. The van der Waals surface area contributed by atoms with Crippen LogP contribution in [-0.2, 0) is 4.74 Å². The number of carbonyl (C=O) groups is 1. The predicted molar refractivity (Wildman–Crippen MR) is 87.6 cm³/mol. The largest absolute Gasteiger partial charge is 0.492 e. The molecule has 9 nitrogen and oxygen atoms in total. The third-order valence-corrected chi connectivity index (χ3v) is 2.82. The lowest BCUT2D eigenvalue weighted by Crippen LogP contribution is -2.43. The van der Waals surface area contributed by atoms with Gasteiger partial charge in [-0.2, -0.15) is 0 Å². The molecule has 128 valence electrons. The number of aliphatic hydroxyl groups excluding tert-OH is 1. The lowest BCUT2D eigenvalue weighted by molar-refractivity contribution is 0.0374. The van der Waals surface area contributed by atoms with Crippen LogP contribution in [0.5, 0.6) is 0 Å². The van der Waals surface area contributed by atoms with Gasteiger partial charge in [0.2, 0.25) is 5.88 Å². The average molecular weight is 334 g/mol. The lowest BCUT2D eigenvalue weighted by atomic mass is 9.82. The van der Waals surface area contributed by atoms with E-state index in [1.807, 2.05) is 0 Å². The van der Waals surface area contributed by atoms with Gasteiger partial charge in [0.05, 0.1) is 6.20 Å². The SMILES string of the molecule is CC(C)(C)OC(=O)NN1C=CN(c2ccc(B(O)O)cn2)C=C1O. The van der Waals surface area contributed by atoms with E-state index in [-0.39, 0.29) is 11.3 Å². The van der Waals surface area contributed by atoms with Crippen LogP contribution in [0.2, 0.25) is 0 Å². The Morgan fingerprint density at radius 3 is 2.50 bits per heavy atom. The number of rotatable bonds is 3. The highest BCUT2D eigenvalue weighted by atomic mass is 16.6. The lowest BCUT2D eigenvalue weighted by Gasteiger charge is -2.28. The van der Waals surface area contributed by atoms with Gasteiger partial charge in [-0.15, -0.1) is 0 Å². The summed E-state index contributed by atoms with van der Waals surface area (Å²) < 4.78 is 5.10. The summed E-state index contributed by atoms with van der Waals surface area (Å²) in [4.78, 5) is 17.3. The fourth-order valence-corrected chi connectivity index (χ4v) is 1.78. The normalized spacial score (nSPS) is 14.3. The van der Waals surface area contributed by atoms with Gasteiger partial charge in [0, 0.05) is 24.1 Å². The maximum atomic E-state index is 11.7. The number of anilines is 1. The van der Waals surface area contributed by atoms with E-state index >= 15 is 0 Å². The Balaban J connectivity index is 2.03. The van der Waals surface area contributed by atoms with Crippen molar-refractivity contribution in [3.63, 3.8) is 0 Å². The van der Waals surface area contributed by atoms with Crippen LogP contribution in [0, 0.1) is 0 Å². The van der Waals surface area contributed by atoms with Crippen LogP contribution < -0.4 is 15.8 Å². The molecule has 0 spiro atoms. The van der Waals surface area contributed by atoms with E-state index in [2.05, 4.69) is 10.4 Å².